The number of nitrogens with zero attached hydrogens (tertiary/aromatic N) is 2. The molecule has 7 heteroatoms. The predicted octanol–water partition coefficient (Wildman–Crippen LogP) is 2.71. The van der Waals surface area contributed by atoms with Crippen molar-refractivity contribution in [3.8, 4) is 0 Å². The Morgan fingerprint density at radius 1 is 1.42 bits per heavy atom. The summed E-state index contributed by atoms with van der Waals surface area (Å²) in [6.45, 7) is 3.83. The van der Waals surface area contributed by atoms with Crippen LogP contribution in [0.2, 0.25) is 10.3 Å². The van der Waals surface area contributed by atoms with Crippen LogP contribution >= 0.6 is 23.2 Å². The van der Waals surface area contributed by atoms with Crippen molar-refractivity contribution in [1.29, 1.82) is 0 Å². The Balaban J connectivity index is 2.98. The summed E-state index contributed by atoms with van der Waals surface area (Å²) in [5.74, 6) is -1.32. The van der Waals surface area contributed by atoms with Crippen molar-refractivity contribution < 1.29 is 14.7 Å². The van der Waals surface area contributed by atoms with Crippen molar-refractivity contribution in [3.05, 3.63) is 28.0 Å². The zero-order valence-corrected chi connectivity index (χ0v) is 12.1. The third-order valence-corrected chi connectivity index (χ3v) is 3.15. The molecule has 1 atom stereocenters. The summed E-state index contributed by atoms with van der Waals surface area (Å²) in [6.07, 6.45) is -0.127. The molecular weight excluding hydrogens is 291 g/mol. The number of hydrogen-bond acceptors (Lipinski definition) is 3. The maximum atomic E-state index is 12.3. The number of carbonyl (C=O) groups is 2. The molecule has 1 heterocycles. The van der Waals surface area contributed by atoms with Crippen LogP contribution in [0.25, 0.3) is 0 Å². The largest absolute Gasteiger partial charge is 0.481 e. The molecule has 0 fully saturated rings. The van der Waals surface area contributed by atoms with E-state index in [4.69, 9.17) is 28.3 Å². The van der Waals surface area contributed by atoms with Crippen LogP contribution in [-0.2, 0) is 4.79 Å². The SMILES string of the molecule is CCN(C(=O)c1ccc(Cl)nc1Cl)C(C)CC(=O)O. The second kappa shape index (κ2) is 6.73. The summed E-state index contributed by atoms with van der Waals surface area (Å²) in [6, 6.07) is 2.52. The van der Waals surface area contributed by atoms with Gasteiger partial charge in [-0.05, 0) is 26.0 Å². The van der Waals surface area contributed by atoms with E-state index in [-0.39, 0.29) is 28.2 Å². The number of amides is 1. The molecule has 1 aromatic rings. The fourth-order valence-electron chi connectivity index (χ4n) is 1.74. The Bertz CT molecular complexity index is 494. The average molecular weight is 305 g/mol. The smallest absolute Gasteiger partial charge is 0.305 e. The number of aliphatic carboxylic acids is 1. The zero-order chi connectivity index (χ0) is 14.6. The van der Waals surface area contributed by atoms with Gasteiger partial charge in [0, 0.05) is 12.6 Å². The van der Waals surface area contributed by atoms with E-state index < -0.39 is 12.0 Å². The normalized spacial score (nSPS) is 12.0. The Kier molecular flexibility index (Phi) is 5.57. The van der Waals surface area contributed by atoms with Gasteiger partial charge in [0.1, 0.15) is 10.3 Å². The predicted molar refractivity (Wildman–Crippen MR) is 72.7 cm³/mol. The highest BCUT2D eigenvalue weighted by Crippen LogP contribution is 2.20. The van der Waals surface area contributed by atoms with Crippen molar-refractivity contribution in [1.82, 2.24) is 9.88 Å². The van der Waals surface area contributed by atoms with Crippen molar-refractivity contribution in [2.24, 2.45) is 0 Å². The third kappa shape index (κ3) is 4.08. The van der Waals surface area contributed by atoms with Crippen molar-refractivity contribution >= 4 is 35.1 Å². The number of hydrogen-bond donors (Lipinski definition) is 1. The molecule has 104 valence electrons. The van der Waals surface area contributed by atoms with Gasteiger partial charge in [-0.3, -0.25) is 9.59 Å². The summed E-state index contributed by atoms with van der Waals surface area (Å²) in [4.78, 5) is 28.2. The molecule has 0 aliphatic carbocycles. The molecule has 0 aliphatic rings. The molecule has 0 aliphatic heterocycles. The number of carbonyl (C=O) groups excluding carboxylic acids is 1. The maximum absolute atomic E-state index is 12.3. The molecule has 1 amide bonds. The number of rotatable bonds is 5. The monoisotopic (exact) mass is 304 g/mol. The Morgan fingerprint density at radius 2 is 2.05 bits per heavy atom. The average Bonchev–Trinajstić information content (AvgIpc) is 2.28. The first kappa shape index (κ1) is 15.7. The topological polar surface area (TPSA) is 70.5 Å². The highest BCUT2D eigenvalue weighted by atomic mass is 35.5. The lowest BCUT2D eigenvalue weighted by molar-refractivity contribution is -0.138. The molecule has 0 radical (unpaired) electrons. The third-order valence-electron chi connectivity index (χ3n) is 2.65. The van der Waals surface area contributed by atoms with Gasteiger partial charge >= 0.3 is 5.97 Å². The second-order valence-corrected chi connectivity index (χ2v) is 4.76. The fraction of sp³-hybridized carbons (Fsp3) is 0.417. The lowest BCUT2D eigenvalue weighted by Gasteiger charge is -2.27. The van der Waals surface area contributed by atoms with Crippen LogP contribution < -0.4 is 0 Å². The first-order chi connectivity index (χ1) is 8.86. The van der Waals surface area contributed by atoms with Crippen LogP contribution in [0.5, 0.6) is 0 Å². The second-order valence-electron chi connectivity index (χ2n) is 4.01. The minimum Gasteiger partial charge on any atom is -0.481 e. The van der Waals surface area contributed by atoms with Gasteiger partial charge in [0.15, 0.2) is 0 Å². The van der Waals surface area contributed by atoms with E-state index in [9.17, 15) is 9.59 Å². The maximum Gasteiger partial charge on any atom is 0.305 e. The van der Waals surface area contributed by atoms with E-state index in [1.165, 1.54) is 17.0 Å². The molecule has 1 N–H and O–H groups in total. The highest BCUT2D eigenvalue weighted by Gasteiger charge is 2.24. The number of halogens is 2. The van der Waals surface area contributed by atoms with Crippen molar-refractivity contribution in [2.45, 2.75) is 26.3 Å². The van der Waals surface area contributed by atoms with Crippen LogP contribution in [0.1, 0.15) is 30.6 Å². The minimum atomic E-state index is -0.959. The van der Waals surface area contributed by atoms with E-state index in [2.05, 4.69) is 4.98 Å². The number of carboxylic acid groups (broad SMARTS) is 1. The lowest BCUT2D eigenvalue weighted by Crippen LogP contribution is -2.39. The number of aromatic nitrogens is 1. The van der Waals surface area contributed by atoms with Crippen LogP contribution in [-0.4, -0.2) is 39.5 Å². The van der Waals surface area contributed by atoms with Gasteiger partial charge in [-0.25, -0.2) is 4.98 Å². The van der Waals surface area contributed by atoms with Crippen LogP contribution in [0.15, 0.2) is 12.1 Å². The molecule has 0 aromatic carbocycles. The molecule has 1 aromatic heterocycles. The lowest BCUT2D eigenvalue weighted by atomic mass is 10.1. The van der Waals surface area contributed by atoms with Crippen molar-refractivity contribution in [3.63, 3.8) is 0 Å². The molecule has 0 spiro atoms. The van der Waals surface area contributed by atoms with Crippen LogP contribution in [0.4, 0.5) is 0 Å². The van der Waals surface area contributed by atoms with Gasteiger partial charge in [0.05, 0.1) is 12.0 Å². The molecule has 1 rings (SSSR count). The standard InChI is InChI=1S/C12H14Cl2N2O3/c1-3-16(7(2)6-10(17)18)12(19)8-4-5-9(13)15-11(8)14/h4-5,7H,3,6H2,1-2H3,(H,17,18). The first-order valence-electron chi connectivity index (χ1n) is 5.71. The van der Waals surface area contributed by atoms with Gasteiger partial charge < -0.3 is 10.0 Å². The first-order valence-corrected chi connectivity index (χ1v) is 6.47. The summed E-state index contributed by atoms with van der Waals surface area (Å²) in [5.41, 5.74) is 0.213. The minimum absolute atomic E-state index is 0.0125. The highest BCUT2D eigenvalue weighted by molar-refractivity contribution is 6.34. The molecule has 0 bridgehead atoms. The summed E-state index contributed by atoms with van der Waals surface area (Å²) < 4.78 is 0. The Labute approximate surface area is 121 Å². The van der Waals surface area contributed by atoms with Crippen LogP contribution in [0, 0.1) is 0 Å². The molecule has 5 nitrogen and oxygen atoms in total. The molecule has 1 unspecified atom stereocenters. The quantitative estimate of drug-likeness (QED) is 0.849. The van der Waals surface area contributed by atoms with E-state index in [1.807, 2.05) is 0 Å². The summed E-state index contributed by atoms with van der Waals surface area (Å²) in [5, 5.41) is 8.99. The fourth-order valence-corrected chi connectivity index (χ4v) is 2.17. The van der Waals surface area contributed by atoms with Gasteiger partial charge in [0.25, 0.3) is 5.91 Å². The Hall–Kier alpha value is -1.33. The van der Waals surface area contributed by atoms with Crippen LogP contribution in [0.3, 0.4) is 0 Å². The van der Waals surface area contributed by atoms with Crippen molar-refractivity contribution in [2.75, 3.05) is 6.54 Å². The van der Waals surface area contributed by atoms with Gasteiger partial charge in [-0.2, -0.15) is 0 Å². The Morgan fingerprint density at radius 3 is 2.53 bits per heavy atom. The van der Waals surface area contributed by atoms with Gasteiger partial charge in [-0.15, -0.1) is 0 Å². The number of pyridine rings is 1. The zero-order valence-electron chi connectivity index (χ0n) is 10.6. The summed E-state index contributed by atoms with van der Waals surface area (Å²) in [7, 11) is 0. The van der Waals surface area contributed by atoms with E-state index in [1.54, 1.807) is 13.8 Å². The van der Waals surface area contributed by atoms with E-state index in [0.717, 1.165) is 0 Å². The molecule has 0 saturated carbocycles. The number of carboxylic acids is 1. The van der Waals surface area contributed by atoms with Gasteiger partial charge in [0.2, 0.25) is 0 Å². The van der Waals surface area contributed by atoms with E-state index in [0.29, 0.717) is 6.54 Å². The molecular formula is C12H14Cl2N2O3. The van der Waals surface area contributed by atoms with E-state index >= 15 is 0 Å². The summed E-state index contributed by atoms with van der Waals surface area (Å²) >= 11 is 11.5. The molecule has 19 heavy (non-hydrogen) atoms. The van der Waals surface area contributed by atoms with Gasteiger partial charge in [-0.1, -0.05) is 23.2 Å². The molecule has 0 saturated heterocycles.